The van der Waals surface area contributed by atoms with Gasteiger partial charge in [-0.3, -0.25) is 4.79 Å². The van der Waals surface area contributed by atoms with Crippen LogP contribution in [0.5, 0.6) is 0 Å². The highest BCUT2D eigenvalue weighted by atomic mass is 16.6. The van der Waals surface area contributed by atoms with Gasteiger partial charge in [0.15, 0.2) is 0 Å². The maximum Gasteiger partial charge on any atom is 0.311 e. The number of carbonyl (C=O) groups is 1. The molecule has 1 heterocycles. The Kier molecular flexibility index (Phi) is 4.00. The average Bonchev–Trinajstić information content (AvgIpc) is 2.28. The highest BCUT2D eigenvalue weighted by molar-refractivity contribution is 5.74. The number of hydrogen-bond donors (Lipinski definition) is 1. The molecule has 1 spiro atoms. The standard InChI is InChI=1S/C15H27NO2/c1-14(2,3)18-13(17)12-11-16-10-9-15(12)7-5-4-6-8-15/h12,16H,4-11H2,1-3H3. The molecule has 1 saturated carbocycles. The topological polar surface area (TPSA) is 38.3 Å². The molecule has 0 amide bonds. The first-order valence-corrected chi connectivity index (χ1v) is 7.37. The number of esters is 1. The van der Waals surface area contributed by atoms with E-state index in [9.17, 15) is 4.79 Å². The second kappa shape index (κ2) is 5.20. The lowest BCUT2D eigenvalue weighted by atomic mass is 9.62. The Morgan fingerprint density at radius 2 is 1.83 bits per heavy atom. The van der Waals surface area contributed by atoms with Crippen molar-refractivity contribution in [3.05, 3.63) is 0 Å². The number of ether oxygens (including phenoxy) is 1. The molecule has 1 saturated heterocycles. The first kappa shape index (κ1) is 13.9. The number of rotatable bonds is 1. The molecule has 0 radical (unpaired) electrons. The van der Waals surface area contributed by atoms with Gasteiger partial charge in [-0.15, -0.1) is 0 Å². The van der Waals surface area contributed by atoms with E-state index in [1.807, 2.05) is 20.8 Å². The van der Waals surface area contributed by atoms with Gasteiger partial charge in [-0.05, 0) is 52.0 Å². The Bertz CT molecular complexity index is 292. The third kappa shape index (κ3) is 3.05. The summed E-state index contributed by atoms with van der Waals surface area (Å²) in [4.78, 5) is 12.4. The Morgan fingerprint density at radius 3 is 2.44 bits per heavy atom. The van der Waals surface area contributed by atoms with Crippen LogP contribution < -0.4 is 5.32 Å². The average molecular weight is 253 g/mol. The van der Waals surface area contributed by atoms with Gasteiger partial charge in [0.25, 0.3) is 0 Å². The van der Waals surface area contributed by atoms with Crippen LogP contribution in [-0.4, -0.2) is 24.7 Å². The summed E-state index contributed by atoms with van der Waals surface area (Å²) in [6, 6.07) is 0. The molecule has 2 rings (SSSR count). The van der Waals surface area contributed by atoms with E-state index in [4.69, 9.17) is 4.74 Å². The molecule has 1 N–H and O–H groups in total. The Balaban J connectivity index is 2.10. The zero-order chi connectivity index (χ0) is 13.2. The molecule has 0 aromatic carbocycles. The quantitative estimate of drug-likeness (QED) is 0.730. The molecule has 3 heteroatoms. The van der Waals surface area contributed by atoms with Gasteiger partial charge >= 0.3 is 5.97 Å². The van der Waals surface area contributed by atoms with Crippen molar-refractivity contribution in [3.63, 3.8) is 0 Å². The van der Waals surface area contributed by atoms with Crippen LogP contribution in [0.1, 0.15) is 59.3 Å². The first-order chi connectivity index (χ1) is 8.43. The smallest absolute Gasteiger partial charge is 0.311 e. The summed E-state index contributed by atoms with van der Waals surface area (Å²) in [6.07, 6.45) is 7.43. The molecular formula is C15H27NO2. The van der Waals surface area contributed by atoms with E-state index in [1.165, 1.54) is 32.1 Å². The summed E-state index contributed by atoms with van der Waals surface area (Å²) in [6.45, 7) is 7.71. The third-order valence-electron chi connectivity index (χ3n) is 4.43. The minimum absolute atomic E-state index is 0.0107. The largest absolute Gasteiger partial charge is 0.460 e. The van der Waals surface area contributed by atoms with Gasteiger partial charge in [0.05, 0.1) is 5.92 Å². The Hall–Kier alpha value is -0.570. The monoisotopic (exact) mass is 253 g/mol. The van der Waals surface area contributed by atoms with Crippen LogP contribution in [0.25, 0.3) is 0 Å². The van der Waals surface area contributed by atoms with E-state index in [0.29, 0.717) is 0 Å². The van der Waals surface area contributed by atoms with E-state index in [-0.39, 0.29) is 22.9 Å². The van der Waals surface area contributed by atoms with E-state index in [1.54, 1.807) is 0 Å². The molecule has 1 aliphatic carbocycles. The molecule has 2 fully saturated rings. The van der Waals surface area contributed by atoms with E-state index < -0.39 is 0 Å². The maximum absolute atomic E-state index is 12.4. The Morgan fingerprint density at radius 1 is 1.17 bits per heavy atom. The predicted octanol–water partition coefficient (Wildman–Crippen LogP) is 2.89. The van der Waals surface area contributed by atoms with Gasteiger partial charge in [0.2, 0.25) is 0 Å². The first-order valence-electron chi connectivity index (χ1n) is 7.37. The highest BCUT2D eigenvalue weighted by Crippen LogP contribution is 2.47. The molecule has 0 aromatic heterocycles. The van der Waals surface area contributed by atoms with Crippen molar-refractivity contribution in [1.82, 2.24) is 5.32 Å². The second-order valence-electron chi connectivity index (χ2n) is 6.96. The zero-order valence-electron chi connectivity index (χ0n) is 12.1. The van der Waals surface area contributed by atoms with Crippen LogP contribution in [0.4, 0.5) is 0 Å². The van der Waals surface area contributed by atoms with Crippen molar-refractivity contribution in [2.45, 2.75) is 64.9 Å². The van der Waals surface area contributed by atoms with Gasteiger partial charge in [0.1, 0.15) is 5.60 Å². The van der Waals surface area contributed by atoms with Gasteiger partial charge in [-0.25, -0.2) is 0 Å². The van der Waals surface area contributed by atoms with Crippen molar-refractivity contribution in [2.75, 3.05) is 13.1 Å². The number of piperidine rings is 1. The molecule has 2 aliphatic rings. The lowest BCUT2D eigenvalue weighted by Crippen LogP contribution is -2.51. The molecule has 104 valence electrons. The number of hydrogen-bond acceptors (Lipinski definition) is 3. The summed E-state index contributed by atoms with van der Waals surface area (Å²) in [5.74, 6) is 0.0716. The van der Waals surface area contributed by atoms with Crippen molar-refractivity contribution in [2.24, 2.45) is 11.3 Å². The summed E-state index contributed by atoms with van der Waals surface area (Å²) >= 11 is 0. The van der Waals surface area contributed by atoms with Gasteiger partial charge in [0, 0.05) is 6.54 Å². The fourth-order valence-electron chi connectivity index (χ4n) is 3.54. The zero-order valence-corrected chi connectivity index (χ0v) is 12.1. The van der Waals surface area contributed by atoms with Crippen LogP contribution in [-0.2, 0) is 9.53 Å². The summed E-state index contributed by atoms with van der Waals surface area (Å²) in [5, 5.41) is 3.37. The molecule has 18 heavy (non-hydrogen) atoms. The molecular weight excluding hydrogens is 226 g/mol. The van der Waals surface area contributed by atoms with Crippen molar-refractivity contribution < 1.29 is 9.53 Å². The minimum Gasteiger partial charge on any atom is -0.460 e. The summed E-state index contributed by atoms with van der Waals surface area (Å²) in [5.41, 5.74) is -0.143. The highest BCUT2D eigenvalue weighted by Gasteiger charge is 2.46. The van der Waals surface area contributed by atoms with E-state index in [2.05, 4.69) is 5.32 Å². The molecule has 1 unspecified atom stereocenters. The van der Waals surface area contributed by atoms with E-state index >= 15 is 0 Å². The van der Waals surface area contributed by atoms with Gasteiger partial charge < -0.3 is 10.1 Å². The maximum atomic E-state index is 12.4. The van der Waals surface area contributed by atoms with Crippen LogP contribution in [0.3, 0.4) is 0 Å². The van der Waals surface area contributed by atoms with Crippen molar-refractivity contribution in [1.29, 1.82) is 0 Å². The molecule has 0 bridgehead atoms. The third-order valence-corrected chi connectivity index (χ3v) is 4.43. The van der Waals surface area contributed by atoms with Gasteiger partial charge in [-0.1, -0.05) is 19.3 Å². The van der Waals surface area contributed by atoms with Crippen molar-refractivity contribution in [3.8, 4) is 0 Å². The van der Waals surface area contributed by atoms with E-state index in [0.717, 1.165) is 19.5 Å². The second-order valence-corrected chi connectivity index (χ2v) is 6.96. The van der Waals surface area contributed by atoms with Crippen LogP contribution in [0, 0.1) is 11.3 Å². The predicted molar refractivity (Wildman–Crippen MR) is 72.3 cm³/mol. The van der Waals surface area contributed by atoms with Crippen molar-refractivity contribution >= 4 is 5.97 Å². The molecule has 3 nitrogen and oxygen atoms in total. The fourth-order valence-corrected chi connectivity index (χ4v) is 3.54. The van der Waals surface area contributed by atoms with Crippen LogP contribution in [0.15, 0.2) is 0 Å². The van der Waals surface area contributed by atoms with Gasteiger partial charge in [-0.2, -0.15) is 0 Å². The van der Waals surface area contributed by atoms with Crippen LogP contribution in [0.2, 0.25) is 0 Å². The number of carbonyl (C=O) groups excluding carboxylic acids is 1. The van der Waals surface area contributed by atoms with Crippen LogP contribution >= 0.6 is 0 Å². The molecule has 1 aliphatic heterocycles. The minimum atomic E-state index is -0.371. The number of nitrogens with one attached hydrogen (secondary N) is 1. The normalized spacial score (nSPS) is 28.1. The Labute approximate surface area is 111 Å². The lowest BCUT2D eigenvalue weighted by molar-refractivity contribution is -0.167. The lowest BCUT2D eigenvalue weighted by Gasteiger charge is -2.46. The molecule has 0 aromatic rings. The summed E-state index contributed by atoms with van der Waals surface area (Å²) in [7, 11) is 0. The molecule has 1 atom stereocenters. The fraction of sp³-hybridized carbons (Fsp3) is 0.933. The summed E-state index contributed by atoms with van der Waals surface area (Å²) < 4.78 is 5.63. The SMILES string of the molecule is CC(C)(C)OC(=O)C1CNCCC12CCCCC2.